The first-order chi connectivity index (χ1) is 10.7. The van der Waals surface area contributed by atoms with Crippen LogP contribution in [0.25, 0.3) is 0 Å². The van der Waals surface area contributed by atoms with E-state index in [1.807, 2.05) is 75.5 Å². The molecule has 0 aliphatic carbocycles. The van der Waals surface area contributed by atoms with Crippen LogP contribution in [0.3, 0.4) is 0 Å². The van der Waals surface area contributed by atoms with Crippen molar-refractivity contribution >= 4 is 0 Å². The maximum absolute atomic E-state index is 3.82. The lowest BCUT2D eigenvalue weighted by molar-refractivity contribution is 0.577. The molecule has 0 aliphatic heterocycles. The standard InChI is InChI=1S/C21H27N/c1-7-13-19(14-8-2)22(20(15-9-3)16-10-4)21(17-11-5)18-12-6/h7-18H,1,3,5H2,2,4,6H3/b14-8-,16-10-,18-12-,19-13+,20-15+,21-17+. The second kappa shape index (κ2) is 12.2. The van der Waals surface area contributed by atoms with E-state index in [1.165, 1.54) is 0 Å². The van der Waals surface area contributed by atoms with E-state index in [0.29, 0.717) is 0 Å². The Bertz CT molecular complexity index is 468. The lowest BCUT2D eigenvalue weighted by atomic mass is 10.2. The molecule has 0 saturated carbocycles. The smallest absolute Gasteiger partial charge is 0.0458 e. The van der Waals surface area contributed by atoms with E-state index in [-0.39, 0.29) is 0 Å². The van der Waals surface area contributed by atoms with Gasteiger partial charge in [-0.15, -0.1) is 0 Å². The van der Waals surface area contributed by atoms with Gasteiger partial charge < -0.3 is 4.90 Å². The second-order valence-electron chi connectivity index (χ2n) is 4.32. The van der Waals surface area contributed by atoms with Crippen molar-refractivity contribution in [1.82, 2.24) is 4.90 Å². The lowest BCUT2D eigenvalue weighted by Crippen LogP contribution is -2.19. The molecule has 0 spiro atoms. The molecule has 0 amide bonds. The van der Waals surface area contributed by atoms with Gasteiger partial charge in [0.15, 0.2) is 0 Å². The summed E-state index contributed by atoms with van der Waals surface area (Å²) in [6, 6.07) is 0. The zero-order valence-electron chi connectivity index (χ0n) is 14.0. The quantitative estimate of drug-likeness (QED) is 0.456. The van der Waals surface area contributed by atoms with Crippen molar-refractivity contribution < 1.29 is 0 Å². The first-order valence-corrected chi connectivity index (χ1v) is 7.36. The minimum absolute atomic E-state index is 1.01. The van der Waals surface area contributed by atoms with Crippen molar-refractivity contribution in [3.63, 3.8) is 0 Å². The monoisotopic (exact) mass is 293 g/mol. The highest BCUT2D eigenvalue weighted by Gasteiger charge is 2.13. The maximum atomic E-state index is 3.82. The molecule has 116 valence electrons. The molecule has 0 rings (SSSR count). The molecule has 0 heterocycles. The summed E-state index contributed by atoms with van der Waals surface area (Å²) in [7, 11) is 0. The summed E-state index contributed by atoms with van der Waals surface area (Å²) in [4.78, 5) is 2.13. The van der Waals surface area contributed by atoms with Crippen LogP contribution >= 0.6 is 0 Å². The Morgan fingerprint density at radius 3 is 1.05 bits per heavy atom. The topological polar surface area (TPSA) is 3.24 Å². The lowest BCUT2D eigenvalue weighted by Gasteiger charge is -2.28. The van der Waals surface area contributed by atoms with Gasteiger partial charge in [-0.3, -0.25) is 0 Å². The summed E-state index contributed by atoms with van der Waals surface area (Å²) in [5, 5.41) is 0. The van der Waals surface area contributed by atoms with Crippen LogP contribution in [-0.4, -0.2) is 4.90 Å². The third kappa shape index (κ3) is 6.27. The van der Waals surface area contributed by atoms with Crippen molar-refractivity contribution in [3.8, 4) is 0 Å². The molecule has 0 fully saturated rings. The largest absolute Gasteiger partial charge is 0.311 e. The Hall–Kier alpha value is -2.54. The van der Waals surface area contributed by atoms with Gasteiger partial charge in [-0.1, -0.05) is 56.2 Å². The van der Waals surface area contributed by atoms with Crippen LogP contribution in [0, 0.1) is 0 Å². The Balaban J connectivity index is 6.38. The summed E-state index contributed by atoms with van der Waals surface area (Å²) >= 11 is 0. The molecule has 0 atom stereocenters. The van der Waals surface area contributed by atoms with Gasteiger partial charge in [0, 0.05) is 17.1 Å². The van der Waals surface area contributed by atoms with E-state index in [9.17, 15) is 0 Å². The normalized spacial score (nSPS) is 14.0. The van der Waals surface area contributed by atoms with Crippen LogP contribution < -0.4 is 0 Å². The summed E-state index contributed by atoms with van der Waals surface area (Å²) < 4.78 is 0. The highest BCUT2D eigenvalue weighted by Crippen LogP contribution is 2.24. The Morgan fingerprint density at radius 2 is 0.864 bits per heavy atom. The molecule has 1 nitrogen and oxygen atoms in total. The Labute approximate surface area is 136 Å². The summed E-state index contributed by atoms with van der Waals surface area (Å²) in [5.41, 5.74) is 3.03. The van der Waals surface area contributed by atoms with Crippen LogP contribution in [0.2, 0.25) is 0 Å². The molecule has 0 saturated heterocycles. The predicted molar refractivity (Wildman–Crippen MR) is 101 cm³/mol. The van der Waals surface area contributed by atoms with E-state index in [1.54, 1.807) is 18.2 Å². The highest BCUT2D eigenvalue weighted by molar-refractivity contribution is 5.41. The molecule has 0 radical (unpaired) electrons. The Kier molecular flexibility index (Phi) is 10.8. The van der Waals surface area contributed by atoms with Gasteiger partial charge in [-0.25, -0.2) is 0 Å². The third-order valence-corrected chi connectivity index (χ3v) is 2.65. The summed E-state index contributed by atoms with van der Waals surface area (Å²) in [6.45, 7) is 17.4. The third-order valence-electron chi connectivity index (χ3n) is 2.65. The number of hydrogen-bond donors (Lipinski definition) is 0. The number of allylic oxidation sites excluding steroid dienone is 12. The number of rotatable bonds is 9. The van der Waals surface area contributed by atoms with Crippen LogP contribution in [0.4, 0.5) is 0 Å². The van der Waals surface area contributed by atoms with Crippen LogP contribution in [0.5, 0.6) is 0 Å². The summed E-state index contributed by atoms with van der Waals surface area (Å²) in [6.07, 6.45) is 23.4. The molecule has 0 unspecified atom stereocenters. The maximum Gasteiger partial charge on any atom is 0.0458 e. The minimum atomic E-state index is 1.01. The SMILES string of the molecule is C=C/C=C(\C=C/C)N(C(/C=C\C)=C/C=C)C(/C=C\C)=C/C=C. The van der Waals surface area contributed by atoms with Crippen LogP contribution in [0.15, 0.2) is 110 Å². The van der Waals surface area contributed by atoms with Gasteiger partial charge in [0.25, 0.3) is 0 Å². The first kappa shape index (κ1) is 19.5. The van der Waals surface area contributed by atoms with Gasteiger partial charge in [-0.05, 0) is 57.2 Å². The summed E-state index contributed by atoms with van der Waals surface area (Å²) in [5.74, 6) is 0. The average Bonchev–Trinajstić information content (AvgIpc) is 2.49. The van der Waals surface area contributed by atoms with Crippen molar-refractivity contribution in [2.75, 3.05) is 0 Å². The number of nitrogens with zero attached hydrogens (tertiary/aromatic N) is 1. The molecule has 0 bridgehead atoms. The van der Waals surface area contributed by atoms with E-state index >= 15 is 0 Å². The molecule has 1 heteroatoms. The molecular weight excluding hydrogens is 266 g/mol. The van der Waals surface area contributed by atoms with Crippen LogP contribution in [0.1, 0.15) is 20.8 Å². The fourth-order valence-electron chi connectivity index (χ4n) is 1.94. The van der Waals surface area contributed by atoms with Gasteiger partial charge >= 0.3 is 0 Å². The van der Waals surface area contributed by atoms with Crippen molar-refractivity contribution in [2.45, 2.75) is 20.8 Å². The van der Waals surface area contributed by atoms with Crippen molar-refractivity contribution in [1.29, 1.82) is 0 Å². The average molecular weight is 293 g/mol. The van der Waals surface area contributed by atoms with E-state index in [2.05, 4.69) is 24.6 Å². The van der Waals surface area contributed by atoms with Crippen molar-refractivity contribution in [3.05, 3.63) is 110 Å². The van der Waals surface area contributed by atoms with Gasteiger partial charge in [-0.2, -0.15) is 0 Å². The van der Waals surface area contributed by atoms with E-state index in [0.717, 1.165) is 17.1 Å². The van der Waals surface area contributed by atoms with Gasteiger partial charge in [0.05, 0.1) is 0 Å². The fraction of sp³-hybridized carbons (Fsp3) is 0.143. The molecule has 0 aliphatic rings. The first-order valence-electron chi connectivity index (χ1n) is 7.36. The van der Waals surface area contributed by atoms with E-state index in [4.69, 9.17) is 0 Å². The minimum Gasteiger partial charge on any atom is -0.311 e. The molecule has 22 heavy (non-hydrogen) atoms. The zero-order chi connectivity index (χ0) is 16.8. The zero-order valence-corrected chi connectivity index (χ0v) is 14.0. The molecule has 0 N–H and O–H groups in total. The second-order valence-corrected chi connectivity index (χ2v) is 4.32. The van der Waals surface area contributed by atoms with Crippen molar-refractivity contribution in [2.24, 2.45) is 0 Å². The number of hydrogen-bond acceptors (Lipinski definition) is 1. The highest BCUT2D eigenvalue weighted by atomic mass is 15.2. The predicted octanol–water partition coefficient (Wildman–Crippen LogP) is 6.23. The van der Waals surface area contributed by atoms with Crippen LogP contribution in [-0.2, 0) is 0 Å². The van der Waals surface area contributed by atoms with Gasteiger partial charge in [0.1, 0.15) is 0 Å². The van der Waals surface area contributed by atoms with Gasteiger partial charge in [0.2, 0.25) is 0 Å². The molecule has 0 aromatic heterocycles. The Morgan fingerprint density at radius 1 is 0.591 bits per heavy atom. The molecule has 0 aromatic carbocycles. The fourth-order valence-corrected chi connectivity index (χ4v) is 1.94. The molecular formula is C21H27N. The van der Waals surface area contributed by atoms with E-state index < -0.39 is 0 Å². The molecule has 0 aromatic rings.